The van der Waals surface area contributed by atoms with Crippen LogP contribution in [-0.4, -0.2) is 43.7 Å². The van der Waals surface area contributed by atoms with Gasteiger partial charge in [-0.3, -0.25) is 4.79 Å². The zero-order valence-electron chi connectivity index (χ0n) is 10.6. The molecule has 0 spiro atoms. The second kappa shape index (κ2) is 6.21. The third kappa shape index (κ3) is 3.76. The van der Waals surface area contributed by atoms with Crippen molar-refractivity contribution in [2.45, 2.75) is 32.7 Å². The molecule has 0 aromatic rings. The standard InChI is InChI=1S/C12H24N2O2/c1-9(2)11(13)12(15)14(3)7-10-5-4-6-16-8-10/h9-11H,4-8,13H2,1-3H3/t10?,11-/m1/s1. The van der Waals surface area contributed by atoms with Gasteiger partial charge < -0.3 is 15.4 Å². The van der Waals surface area contributed by atoms with E-state index in [1.807, 2.05) is 20.9 Å². The topological polar surface area (TPSA) is 55.6 Å². The molecular weight excluding hydrogens is 204 g/mol. The summed E-state index contributed by atoms with van der Waals surface area (Å²) in [6.45, 7) is 6.34. The third-order valence-corrected chi connectivity index (χ3v) is 3.17. The van der Waals surface area contributed by atoms with E-state index in [1.165, 1.54) is 0 Å². The van der Waals surface area contributed by atoms with Crippen LogP contribution in [0.4, 0.5) is 0 Å². The van der Waals surface area contributed by atoms with E-state index in [-0.39, 0.29) is 17.9 Å². The Hall–Kier alpha value is -0.610. The first kappa shape index (κ1) is 13.5. The zero-order valence-corrected chi connectivity index (χ0v) is 10.6. The summed E-state index contributed by atoms with van der Waals surface area (Å²) in [5, 5.41) is 0. The highest BCUT2D eigenvalue weighted by atomic mass is 16.5. The molecule has 2 atom stereocenters. The SMILES string of the molecule is CC(C)[C@@H](N)C(=O)N(C)CC1CCCOC1. The molecule has 1 amide bonds. The molecule has 0 aliphatic carbocycles. The fourth-order valence-electron chi connectivity index (χ4n) is 1.97. The van der Waals surface area contributed by atoms with Crippen molar-refractivity contribution in [2.75, 3.05) is 26.8 Å². The van der Waals surface area contributed by atoms with Gasteiger partial charge in [0.2, 0.25) is 5.91 Å². The Labute approximate surface area is 98.1 Å². The Kier molecular flexibility index (Phi) is 5.22. The molecule has 4 nitrogen and oxygen atoms in total. The lowest BCUT2D eigenvalue weighted by molar-refractivity contribution is -0.133. The minimum Gasteiger partial charge on any atom is -0.381 e. The van der Waals surface area contributed by atoms with Crippen molar-refractivity contribution in [3.63, 3.8) is 0 Å². The van der Waals surface area contributed by atoms with Crippen molar-refractivity contribution in [3.8, 4) is 0 Å². The van der Waals surface area contributed by atoms with E-state index in [9.17, 15) is 4.79 Å². The van der Waals surface area contributed by atoms with E-state index >= 15 is 0 Å². The minimum atomic E-state index is -0.380. The minimum absolute atomic E-state index is 0.0422. The van der Waals surface area contributed by atoms with Crippen molar-refractivity contribution >= 4 is 5.91 Å². The van der Waals surface area contributed by atoms with Crippen LogP contribution in [0.25, 0.3) is 0 Å². The second-order valence-electron chi connectivity index (χ2n) is 5.07. The van der Waals surface area contributed by atoms with E-state index in [1.54, 1.807) is 4.90 Å². The Bertz CT molecular complexity index is 225. The van der Waals surface area contributed by atoms with Crippen LogP contribution in [0.5, 0.6) is 0 Å². The summed E-state index contributed by atoms with van der Waals surface area (Å²) in [6.07, 6.45) is 2.25. The molecule has 0 bridgehead atoms. The number of amides is 1. The quantitative estimate of drug-likeness (QED) is 0.776. The van der Waals surface area contributed by atoms with E-state index < -0.39 is 0 Å². The monoisotopic (exact) mass is 228 g/mol. The molecule has 0 radical (unpaired) electrons. The number of hydrogen-bond acceptors (Lipinski definition) is 3. The average Bonchev–Trinajstić information content (AvgIpc) is 2.28. The summed E-state index contributed by atoms with van der Waals surface area (Å²) in [5.74, 6) is 0.709. The molecule has 2 N–H and O–H groups in total. The predicted octanol–water partition coefficient (Wildman–Crippen LogP) is 0.855. The number of carbonyl (C=O) groups is 1. The molecule has 94 valence electrons. The highest BCUT2D eigenvalue weighted by Gasteiger charge is 2.24. The van der Waals surface area contributed by atoms with Gasteiger partial charge in [0.1, 0.15) is 0 Å². The first-order valence-corrected chi connectivity index (χ1v) is 6.10. The van der Waals surface area contributed by atoms with Gasteiger partial charge in [0.05, 0.1) is 12.6 Å². The first-order valence-electron chi connectivity index (χ1n) is 6.10. The number of likely N-dealkylation sites (N-methyl/N-ethyl adjacent to an activating group) is 1. The van der Waals surface area contributed by atoms with Crippen molar-refractivity contribution in [1.82, 2.24) is 4.90 Å². The van der Waals surface area contributed by atoms with Crippen LogP contribution in [0, 0.1) is 11.8 Å². The molecule has 16 heavy (non-hydrogen) atoms. The largest absolute Gasteiger partial charge is 0.381 e. The van der Waals surface area contributed by atoms with Crippen molar-refractivity contribution < 1.29 is 9.53 Å². The van der Waals surface area contributed by atoms with Crippen molar-refractivity contribution in [2.24, 2.45) is 17.6 Å². The molecule has 0 aromatic carbocycles. The van der Waals surface area contributed by atoms with Crippen LogP contribution in [0.2, 0.25) is 0 Å². The molecule has 1 heterocycles. The summed E-state index contributed by atoms with van der Waals surface area (Å²) < 4.78 is 5.40. The van der Waals surface area contributed by atoms with E-state index in [2.05, 4.69) is 0 Å². The fraction of sp³-hybridized carbons (Fsp3) is 0.917. The highest BCUT2D eigenvalue weighted by molar-refractivity contribution is 5.81. The number of ether oxygens (including phenoxy) is 1. The summed E-state index contributed by atoms with van der Waals surface area (Å²) in [5.41, 5.74) is 5.84. The summed E-state index contributed by atoms with van der Waals surface area (Å²) in [4.78, 5) is 13.7. The van der Waals surface area contributed by atoms with Gasteiger partial charge in [-0.2, -0.15) is 0 Å². The van der Waals surface area contributed by atoms with Crippen LogP contribution < -0.4 is 5.73 Å². The number of nitrogens with two attached hydrogens (primary N) is 1. The first-order chi connectivity index (χ1) is 7.52. The molecule has 0 aromatic heterocycles. The maximum absolute atomic E-state index is 11.9. The van der Waals surface area contributed by atoms with E-state index in [0.29, 0.717) is 5.92 Å². The third-order valence-electron chi connectivity index (χ3n) is 3.17. The summed E-state index contributed by atoms with van der Waals surface area (Å²) >= 11 is 0. The van der Waals surface area contributed by atoms with Crippen LogP contribution in [0.15, 0.2) is 0 Å². The predicted molar refractivity (Wildman–Crippen MR) is 64.0 cm³/mol. The van der Waals surface area contributed by atoms with Gasteiger partial charge in [-0.1, -0.05) is 13.8 Å². The molecular formula is C12H24N2O2. The van der Waals surface area contributed by atoms with Gasteiger partial charge in [0, 0.05) is 20.2 Å². The van der Waals surface area contributed by atoms with Gasteiger partial charge in [-0.15, -0.1) is 0 Å². The maximum Gasteiger partial charge on any atom is 0.239 e. The smallest absolute Gasteiger partial charge is 0.239 e. The lowest BCUT2D eigenvalue weighted by Gasteiger charge is -2.29. The number of rotatable bonds is 4. The average molecular weight is 228 g/mol. The van der Waals surface area contributed by atoms with Crippen molar-refractivity contribution in [1.29, 1.82) is 0 Å². The van der Waals surface area contributed by atoms with Crippen molar-refractivity contribution in [3.05, 3.63) is 0 Å². The molecule has 0 saturated carbocycles. The molecule has 1 saturated heterocycles. The molecule has 1 aliphatic heterocycles. The zero-order chi connectivity index (χ0) is 12.1. The molecule has 4 heteroatoms. The van der Waals surface area contributed by atoms with Gasteiger partial charge in [-0.05, 0) is 24.7 Å². The Morgan fingerprint density at radius 1 is 1.56 bits per heavy atom. The van der Waals surface area contributed by atoms with Gasteiger partial charge in [0.15, 0.2) is 0 Å². The molecule has 1 unspecified atom stereocenters. The number of carbonyl (C=O) groups excluding carboxylic acids is 1. The Morgan fingerprint density at radius 2 is 2.25 bits per heavy atom. The van der Waals surface area contributed by atoms with Crippen LogP contribution >= 0.6 is 0 Å². The molecule has 1 rings (SSSR count). The Morgan fingerprint density at radius 3 is 2.75 bits per heavy atom. The summed E-state index contributed by atoms with van der Waals surface area (Å²) in [6, 6.07) is -0.380. The lowest BCUT2D eigenvalue weighted by atomic mass is 10.00. The lowest BCUT2D eigenvalue weighted by Crippen LogP contribution is -2.46. The van der Waals surface area contributed by atoms with E-state index in [4.69, 9.17) is 10.5 Å². The molecule has 1 fully saturated rings. The van der Waals surface area contributed by atoms with Gasteiger partial charge in [0.25, 0.3) is 0 Å². The summed E-state index contributed by atoms with van der Waals surface area (Å²) in [7, 11) is 1.83. The van der Waals surface area contributed by atoms with Gasteiger partial charge >= 0.3 is 0 Å². The number of hydrogen-bond donors (Lipinski definition) is 1. The Balaban J connectivity index is 2.38. The fourth-order valence-corrected chi connectivity index (χ4v) is 1.97. The molecule has 1 aliphatic rings. The van der Waals surface area contributed by atoms with Crippen LogP contribution in [-0.2, 0) is 9.53 Å². The van der Waals surface area contributed by atoms with Gasteiger partial charge in [-0.25, -0.2) is 0 Å². The second-order valence-corrected chi connectivity index (χ2v) is 5.07. The van der Waals surface area contributed by atoms with Crippen LogP contribution in [0.3, 0.4) is 0 Å². The number of nitrogens with zero attached hydrogens (tertiary/aromatic N) is 1. The normalized spacial score (nSPS) is 23.2. The maximum atomic E-state index is 11.9. The van der Waals surface area contributed by atoms with Crippen LogP contribution in [0.1, 0.15) is 26.7 Å². The van der Waals surface area contributed by atoms with E-state index in [0.717, 1.165) is 32.6 Å². The highest BCUT2D eigenvalue weighted by Crippen LogP contribution is 2.15.